The minimum Gasteiger partial charge on any atom is -0.341 e. The Labute approximate surface area is 291 Å². The van der Waals surface area contributed by atoms with E-state index in [2.05, 4.69) is 91.7 Å². The number of rotatable bonds is 10. The average Bonchev–Trinajstić information content (AvgIpc) is 3.43. The standard InChI is InChI=1S/C42H44NO5P/c1-32(33-20-10-5-11-21-33)43(4)30-31-44-49-47-41(34-22-12-6-13-23-34,35-24-14-7-15-25-35)38-39(46-40(2,3)45-38)42(48-49,36-26-16-8-17-27-36)37-28-18-9-19-29-37/h5-29,32,38-39H,30-31H2,1-4H3/t32-,38+,39+/m0/s1. The van der Waals surface area contributed by atoms with Gasteiger partial charge < -0.3 is 14.0 Å². The van der Waals surface area contributed by atoms with Crippen LogP contribution < -0.4 is 0 Å². The van der Waals surface area contributed by atoms with Crippen LogP contribution in [-0.4, -0.2) is 43.1 Å². The zero-order valence-electron chi connectivity index (χ0n) is 28.5. The first-order chi connectivity index (χ1) is 23.8. The van der Waals surface area contributed by atoms with Gasteiger partial charge in [-0.15, -0.1) is 0 Å². The minimum atomic E-state index is -2.02. The molecule has 2 aliphatic rings. The maximum atomic E-state index is 7.40. The lowest BCUT2D eigenvalue weighted by atomic mass is 9.72. The highest BCUT2D eigenvalue weighted by Crippen LogP contribution is 2.64. The molecule has 0 amide bonds. The summed E-state index contributed by atoms with van der Waals surface area (Å²) < 4.78 is 35.7. The molecule has 0 spiro atoms. The second-order valence-electron chi connectivity index (χ2n) is 13.2. The van der Waals surface area contributed by atoms with E-state index in [4.69, 9.17) is 23.0 Å². The third-order valence-electron chi connectivity index (χ3n) is 9.73. The van der Waals surface area contributed by atoms with Gasteiger partial charge in [0.1, 0.15) is 12.2 Å². The van der Waals surface area contributed by atoms with Crippen LogP contribution in [0, 0.1) is 0 Å². The molecule has 0 unspecified atom stereocenters. The van der Waals surface area contributed by atoms with Crippen molar-refractivity contribution in [1.82, 2.24) is 4.90 Å². The molecule has 3 atom stereocenters. The average molecular weight is 674 g/mol. The van der Waals surface area contributed by atoms with E-state index in [9.17, 15) is 0 Å². The summed E-state index contributed by atoms with van der Waals surface area (Å²) in [5, 5.41) is 0. The summed E-state index contributed by atoms with van der Waals surface area (Å²) in [5.41, 5.74) is 2.71. The molecule has 0 aliphatic carbocycles. The number of hydrogen-bond acceptors (Lipinski definition) is 6. The lowest BCUT2D eigenvalue weighted by Crippen LogP contribution is -2.53. The summed E-state index contributed by atoms with van der Waals surface area (Å²) in [6.45, 7) is 7.20. The topological polar surface area (TPSA) is 49.4 Å². The minimum absolute atomic E-state index is 0.206. The van der Waals surface area contributed by atoms with E-state index in [0.29, 0.717) is 13.2 Å². The van der Waals surface area contributed by atoms with E-state index in [-0.39, 0.29) is 6.04 Å². The Morgan fingerprint density at radius 1 is 0.592 bits per heavy atom. The molecule has 252 valence electrons. The summed E-state index contributed by atoms with van der Waals surface area (Å²) >= 11 is 0. The molecule has 2 heterocycles. The normalized spacial score (nSPS) is 21.9. The second-order valence-corrected chi connectivity index (χ2v) is 14.3. The third kappa shape index (κ3) is 6.51. The van der Waals surface area contributed by atoms with Gasteiger partial charge in [-0.25, -0.2) is 0 Å². The highest BCUT2D eigenvalue weighted by Gasteiger charge is 2.67. The van der Waals surface area contributed by atoms with Gasteiger partial charge in [-0.2, -0.15) is 0 Å². The van der Waals surface area contributed by atoms with Crippen LogP contribution in [0.5, 0.6) is 0 Å². The fourth-order valence-corrected chi connectivity index (χ4v) is 8.62. The van der Waals surface area contributed by atoms with Crippen LogP contribution in [0.2, 0.25) is 0 Å². The van der Waals surface area contributed by atoms with Crippen LogP contribution in [-0.2, 0) is 34.2 Å². The Kier molecular flexibility index (Phi) is 9.83. The van der Waals surface area contributed by atoms with Gasteiger partial charge in [0.15, 0.2) is 17.0 Å². The third-order valence-corrected chi connectivity index (χ3v) is 11.0. The van der Waals surface area contributed by atoms with Crippen LogP contribution >= 0.6 is 8.60 Å². The number of hydrogen-bond donors (Lipinski definition) is 0. The predicted molar refractivity (Wildman–Crippen MR) is 194 cm³/mol. The molecule has 7 heteroatoms. The first-order valence-electron chi connectivity index (χ1n) is 17.0. The van der Waals surface area contributed by atoms with Gasteiger partial charge in [-0.05, 0) is 55.6 Å². The van der Waals surface area contributed by atoms with Crippen molar-refractivity contribution >= 4 is 8.60 Å². The van der Waals surface area contributed by atoms with Gasteiger partial charge in [0.05, 0.1) is 6.61 Å². The highest BCUT2D eigenvalue weighted by molar-refractivity contribution is 7.41. The monoisotopic (exact) mass is 673 g/mol. The van der Waals surface area contributed by atoms with Crippen molar-refractivity contribution in [1.29, 1.82) is 0 Å². The molecule has 2 aliphatic heterocycles. The Morgan fingerprint density at radius 2 is 0.939 bits per heavy atom. The molecule has 0 aromatic heterocycles. The smallest absolute Gasteiger partial charge is 0.335 e. The Balaban J connectivity index is 1.38. The number of benzene rings is 5. The van der Waals surface area contributed by atoms with Gasteiger partial charge in [-0.3, -0.25) is 13.9 Å². The molecule has 0 N–H and O–H groups in total. The Morgan fingerprint density at radius 3 is 1.31 bits per heavy atom. The van der Waals surface area contributed by atoms with E-state index in [1.807, 2.05) is 92.7 Å². The Bertz CT molecular complexity index is 1590. The molecule has 2 fully saturated rings. The van der Waals surface area contributed by atoms with Gasteiger partial charge in [-0.1, -0.05) is 152 Å². The highest BCUT2D eigenvalue weighted by atomic mass is 31.2. The molecule has 0 saturated carbocycles. The largest absolute Gasteiger partial charge is 0.341 e. The molecule has 2 saturated heterocycles. The van der Waals surface area contributed by atoms with E-state index in [1.54, 1.807) is 0 Å². The maximum Gasteiger partial charge on any atom is 0.335 e. The summed E-state index contributed by atoms with van der Waals surface area (Å²) in [7, 11) is 0.103. The van der Waals surface area contributed by atoms with Crippen LogP contribution in [0.15, 0.2) is 152 Å². The number of nitrogens with zero attached hydrogens (tertiary/aromatic N) is 1. The molecule has 7 rings (SSSR count). The molecular weight excluding hydrogens is 629 g/mol. The van der Waals surface area contributed by atoms with E-state index in [0.717, 1.165) is 22.3 Å². The van der Waals surface area contributed by atoms with E-state index < -0.39 is 37.8 Å². The van der Waals surface area contributed by atoms with Gasteiger partial charge >= 0.3 is 8.60 Å². The predicted octanol–water partition coefficient (Wildman–Crippen LogP) is 9.38. The molecule has 6 nitrogen and oxygen atoms in total. The van der Waals surface area contributed by atoms with Gasteiger partial charge in [0.2, 0.25) is 0 Å². The molecule has 0 bridgehead atoms. The molecule has 5 aromatic rings. The van der Waals surface area contributed by atoms with Crippen LogP contribution in [0.3, 0.4) is 0 Å². The zero-order chi connectivity index (χ0) is 33.9. The van der Waals surface area contributed by atoms with Crippen molar-refractivity contribution in [3.8, 4) is 0 Å². The number of likely N-dealkylation sites (N-methyl/N-ethyl adjacent to an activating group) is 1. The van der Waals surface area contributed by atoms with E-state index >= 15 is 0 Å². The second kappa shape index (κ2) is 14.3. The van der Waals surface area contributed by atoms with Crippen molar-refractivity contribution in [2.75, 3.05) is 20.2 Å². The van der Waals surface area contributed by atoms with Crippen molar-refractivity contribution < 1.29 is 23.0 Å². The van der Waals surface area contributed by atoms with Gasteiger partial charge in [0, 0.05) is 12.6 Å². The number of fused-ring (bicyclic) bond motifs is 1. The summed E-state index contributed by atoms with van der Waals surface area (Å²) in [6, 6.07) is 51.9. The van der Waals surface area contributed by atoms with Crippen molar-refractivity contribution in [2.45, 2.75) is 56.0 Å². The molecule has 49 heavy (non-hydrogen) atoms. The summed E-state index contributed by atoms with van der Waals surface area (Å²) in [4.78, 5) is 2.29. The quantitative estimate of drug-likeness (QED) is 0.138. The molecule has 5 aromatic carbocycles. The van der Waals surface area contributed by atoms with Gasteiger partial charge in [0.25, 0.3) is 0 Å². The van der Waals surface area contributed by atoms with E-state index in [1.165, 1.54) is 5.56 Å². The molecular formula is C42H44NO5P. The van der Waals surface area contributed by atoms with Crippen molar-refractivity contribution in [2.24, 2.45) is 0 Å². The van der Waals surface area contributed by atoms with Crippen LogP contribution in [0.4, 0.5) is 0 Å². The number of ether oxygens (including phenoxy) is 2. The van der Waals surface area contributed by atoms with Crippen LogP contribution in [0.1, 0.15) is 54.6 Å². The summed E-state index contributed by atoms with van der Waals surface area (Å²) in [6.07, 6.45) is -1.27. The Hall–Kier alpha value is -3.71. The maximum absolute atomic E-state index is 7.40. The lowest BCUT2D eigenvalue weighted by Gasteiger charge is -2.41. The lowest BCUT2D eigenvalue weighted by molar-refractivity contribution is -0.176. The zero-order valence-corrected chi connectivity index (χ0v) is 29.4. The first-order valence-corrected chi connectivity index (χ1v) is 18.1. The SMILES string of the molecule is C[C@@H](c1ccccc1)N(C)CCOP1OC(c2ccccc2)(c2ccccc2)[C@@H]2OC(C)(C)O[C@H]2C(c2ccccc2)(c2ccccc2)O1. The fourth-order valence-electron chi connectivity index (χ4n) is 7.15. The fraction of sp³-hybridized carbons (Fsp3) is 0.286. The summed E-state index contributed by atoms with van der Waals surface area (Å²) in [5.74, 6) is -0.942. The van der Waals surface area contributed by atoms with Crippen molar-refractivity contribution in [3.63, 3.8) is 0 Å². The molecule has 0 radical (unpaired) electrons. The van der Waals surface area contributed by atoms with Crippen LogP contribution in [0.25, 0.3) is 0 Å². The first kappa shape index (κ1) is 33.8. The van der Waals surface area contributed by atoms with Crippen molar-refractivity contribution in [3.05, 3.63) is 179 Å².